The lowest BCUT2D eigenvalue weighted by molar-refractivity contribution is 0.0695. The minimum Gasteiger partial charge on any atom is -0.478 e. The van der Waals surface area contributed by atoms with Crippen LogP contribution in [-0.4, -0.2) is 36.9 Å². The van der Waals surface area contributed by atoms with E-state index in [1.54, 1.807) is 13.3 Å². The molecule has 7 heteroatoms. The van der Waals surface area contributed by atoms with Crippen molar-refractivity contribution in [2.24, 2.45) is 0 Å². The van der Waals surface area contributed by atoms with Crippen molar-refractivity contribution in [3.05, 3.63) is 107 Å². The number of carbonyl (C=O) groups is 2. The number of rotatable bonds is 6. The average molecular weight is 429 g/mol. The summed E-state index contributed by atoms with van der Waals surface area (Å²) >= 11 is 0. The fourth-order valence-corrected chi connectivity index (χ4v) is 3.00. The van der Waals surface area contributed by atoms with Crippen LogP contribution in [0, 0.1) is 6.92 Å². The third kappa shape index (κ3) is 6.12. The molecule has 3 aromatic carbocycles. The first-order valence-electron chi connectivity index (χ1n) is 10.00. The zero-order chi connectivity index (χ0) is 22.9. The van der Waals surface area contributed by atoms with Crippen LogP contribution in [0.2, 0.25) is 0 Å². The second-order valence-corrected chi connectivity index (χ2v) is 7.07. The first-order valence-corrected chi connectivity index (χ1v) is 10.00. The molecule has 0 aliphatic carbocycles. The number of benzene rings is 3. The number of hydrogen-bond donors (Lipinski definition) is 2. The molecule has 4 aromatic rings. The van der Waals surface area contributed by atoms with Gasteiger partial charge in [0.2, 0.25) is 0 Å². The van der Waals surface area contributed by atoms with Crippen molar-refractivity contribution in [2.75, 3.05) is 0 Å². The van der Waals surface area contributed by atoms with E-state index in [4.69, 9.17) is 10.2 Å². The fourth-order valence-electron chi connectivity index (χ4n) is 3.00. The lowest BCUT2D eigenvalue weighted by atomic mass is 10.1. The summed E-state index contributed by atoms with van der Waals surface area (Å²) in [6.45, 7) is 2.47. The number of aromatic nitrogens is 3. The van der Waals surface area contributed by atoms with Crippen LogP contribution in [0.3, 0.4) is 0 Å². The molecular formula is C25H23N3O4. The summed E-state index contributed by atoms with van der Waals surface area (Å²) in [6.07, 6.45) is 2.77. The summed E-state index contributed by atoms with van der Waals surface area (Å²) in [5.74, 6) is -1.45. The second kappa shape index (κ2) is 10.7. The number of nitrogens with zero attached hydrogens (tertiary/aromatic N) is 3. The zero-order valence-corrected chi connectivity index (χ0v) is 17.5. The molecule has 0 saturated carbocycles. The van der Waals surface area contributed by atoms with Crippen LogP contribution in [0.1, 0.15) is 31.8 Å². The summed E-state index contributed by atoms with van der Waals surface area (Å²) < 4.78 is 1.90. The summed E-state index contributed by atoms with van der Waals surface area (Å²) in [7, 11) is 0. The van der Waals surface area contributed by atoms with Gasteiger partial charge in [0.1, 0.15) is 6.33 Å². The monoisotopic (exact) mass is 429 g/mol. The minimum absolute atomic E-state index is 0.0111. The number of aryl methyl sites for hydroxylation is 3. The van der Waals surface area contributed by atoms with Gasteiger partial charge in [-0.3, -0.25) is 4.68 Å². The molecule has 0 fully saturated rings. The Morgan fingerprint density at radius 1 is 0.875 bits per heavy atom. The lowest BCUT2D eigenvalue weighted by Crippen LogP contribution is -2.03. The Morgan fingerprint density at radius 3 is 2.16 bits per heavy atom. The maximum Gasteiger partial charge on any atom is 0.335 e. The van der Waals surface area contributed by atoms with Gasteiger partial charge in [-0.05, 0) is 36.6 Å². The Balaban J connectivity index is 0.000000195. The smallest absolute Gasteiger partial charge is 0.335 e. The van der Waals surface area contributed by atoms with Gasteiger partial charge in [-0.1, -0.05) is 66.7 Å². The van der Waals surface area contributed by atoms with Crippen molar-refractivity contribution in [3.8, 4) is 11.4 Å². The Kier molecular flexibility index (Phi) is 7.48. The van der Waals surface area contributed by atoms with Crippen LogP contribution in [0.5, 0.6) is 0 Å². The van der Waals surface area contributed by atoms with Crippen LogP contribution in [0.25, 0.3) is 11.4 Å². The van der Waals surface area contributed by atoms with Gasteiger partial charge in [-0.25, -0.2) is 14.6 Å². The quantitative estimate of drug-likeness (QED) is 0.465. The van der Waals surface area contributed by atoms with Gasteiger partial charge < -0.3 is 10.2 Å². The molecule has 0 unspecified atom stereocenters. The van der Waals surface area contributed by atoms with E-state index >= 15 is 0 Å². The molecule has 0 aliphatic heterocycles. The van der Waals surface area contributed by atoms with Crippen LogP contribution < -0.4 is 0 Å². The molecular weight excluding hydrogens is 406 g/mol. The maximum atomic E-state index is 10.6. The molecule has 0 saturated heterocycles. The zero-order valence-electron chi connectivity index (χ0n) is 17.5. The van der Waals surface area contributed by atoms with Gasteiger partial charge in [-0.2, -0.15) is 5.10 Å². The maximum absolute atomic E-state index is 10.6. The number of carboxylic acid groups (broad SMARTS) is 2. The Bertz CT molecular complexity index is 1190. The van der Waals surface area contributed by atoms with Crippen molar-refractivity contribution in [2.45, 2.75) is 19.9 Å². The van der Waals surface area contributed by atoms with Gasteiger partial charge in [-0.15, -0.1) is 0 Å². The standard InChI is InChI=1S/C16H15N3.C9H8O4/c1-3-7-14(8-4-1)11-12-19-13-17-16(18-19)15-9-5-2-6-10-15;1-5-2-3-6(8(10)11)4-7(5)9(12)13/h1-10,13H,11-12H2;2-4H,1H3,(H,10,11)(H,12,13). The largest absolute Gasteiger partial charge is 0.478 e. The van der Waals surface area contributed by atoms with Gasteiger partial charge in [0.15, 0.2) is 5.82 Å². The van der Waals surface area contributed by atoms with Crippen molar-refractivity contribution in [1.82, 2.24) is 14.8 Å². The van der Waals surface area contributed by atoms with E-state index < -0.39 is 11.9 Å². The molecule has 0 atom stereocenters. The topological polar surface area (TPSA) is 105 Å². The highest BCUT2D eigenvalue weighted by molar-refractivity contribution is 5.94. The summed E-state index contributed by atoms with van der Waals surface area (Å²) in [6, 6.07) is 24.5. The molecule has 32 heavy (non-hydrogen) atoms. The van der Waals surface area contributed by atoms with E-state index in [9.17, 15) is 9.59 Å². The van der Waals surface area contributed by atoms with Gasteiger partial charge in [0, 0.05) is 12.1 Å². The molecule has 162 valence electrons. The molecule has 0 aliphatic rings. The van der Waals surface area contributed by atoms with E-state index in [0.717, 1.165) is 30.4 Å². The molecule has 2 N–H and O–H groups in total. The van der Waals surface area contributed by atoms with Crippen LogP contribution >= 0.6 is 0 Å². The second-order valence-electron chi connectivity index (χ2n) is 7.07. The Morgan fingerprint density at radius 2 is 1.53 bits per heavy atom. The van der Waals surface area contributed by atoms with E-state index in [1.807, 2.05) is 41.1 Å². The molecule has 0 spiro atoms. The van der Waals surface area contributed by atoms with Crippen molar-refractivity contribution < 1.29 is 19.8 Å². The Hall–Kier alpha value is -4.26. The molecule has 4 rings (SSSR count). The van der Waals surface area contributed by atoms with Crippen LogP contribution in [-0.2, 0) is 13.0 Å². The molecule has 7 nitrogen and oxygen atoms in total. The van der Waals surface area contributed by atoms with Crippen molar-refractivity contribution in [1.29, 1.82) is 0 Å². The lowest BCUT2D eigenvalue weighted by Gasteiger charge is -2.01. The highest BCUT2D eigenvalue weighted by atomic mass is 16.4. The molecule has 0 amide bonds. The van der Waals surface area contributed by atoms with Crippen molar-refractivity contribution in [3.63, 3.8) is 0 Å². The van der Waals surface area contributed by atoms with Gasteiger partial charge >= 0.3 is 11.9 Å². The molecule has 1 heterocycles. The first kappa shape index (κ1) is 22.4. The first-order chi connectivity index (χ1) is 15.4. The minimum atomic E-state index is -1.12. The number of hydrogen-bond acceptors (Lipinski definition) is 4. The number of aromatic carboxylic acids is 2. The average Bonchev–Trinajstić information content (AvgIpc) is 3.28. The van der Waals surface area contributed by atoms with Crippen LogP contribution in [0.4, 0.5) is 0 Å². The number of carboxylic acids is 2. The van der Waals surface area contributed by atoms with Crippen molar-refractivity contribution >= 4 is 11.9 Å². The predicted octanol–water partition coefficient (Wildman–Crippen LogP) is 4.58. The van der Waals surface area contributed by atoms with E-state index in [2.05, 4.69) is 34.3 Å². The van der Waals surface area contributed by atoms with Crippen LogP contribution in [0.15, 0.2) is 85.2 Å². The third-order valence-electron chi connectivity index (χ3n) is 4.76. The summed E-state index contributed by atoms with van der Waals surface area (Å²) in [4.78, 5) is 25.4. The van der Waals surface area contributed by atoms with E-state index in [0.29, 0.717) is 5.56 Å². The highest BCUT2D eigenvalue weighted by Crippen LogP contribution is 2.13. The highest BCUT2D eigenvalue weighted by Gasteiger charge is 2.10. The molecule has 0 bridgehead atoms. The molecule has 0 radical (unpaired) electrons. The fraction of sp³-hybridized carbons (Fsp3) is 0.120. The summed E-state index contributed by atoms with van der Waals surface area (Å²) in [5.41, 5.74) is 2.95. The van der Waals surface area contributed by atoms with Gasteiger partial charge in [0.05, 0.1) is 11.1 Å². The summed E-state index contributed by atoms with van der Waals surface area (Å²) in [5, 5.41) is 21.8. The van der Waals surface area contributed by atoms with E-state index in [-0.39, 0.29) is 11.1 Å². The normalized spacial score (nSPS) is 10.2. The molecule has 1 aromatic heterocycles. The van der Waals surface area contributed by atoms with Gasteiger partial charge in [0.25, 0.3) is 0 Å². The third-order valence-corrected chi connectivity index (χ3v) is 4.76. The Labute approximate surface area is 185 Å². The predicted molar refractivity (Wildman–Crippen MR) is 121 cm³/mol. The van der Waals surface area contributed by atoms with E-state index in [1.165, 1.54) is 17.7 Å². The SMILES string of the molecule is Cc1ccc(C(=O)O)cc1C(=O)O.c1ccc(CCn2cnc(-c3ccccc3)n2)cc1.